The first kappa shape index (κ1) is 35.9. The molecule has 0 aliphatic carbocycles. The van der Waals surface area contributed by atoms with Gasteiger partial charge in [-0.15, -0.1) is 0 Å². The highest BCUT2D eigenvalue weighted by Crippen LogP contribution is 2.40. The van der Waals surface area contributed by atoms with Crippen LogP contribution in [0.3, 0.4) is 0 Å². The molecule has 246 valence electrons. The lowest BCUT2D eigenvalue weighted by Crippen LogP contribution is -2.47. The first-order chi connectivity index (χ1) is 21.0. The highest BCUT2D eigenvalue weighted by atomic mass is 19.4. The summed E-state index contributed by atoms with van der Waals surface area (Å²) in [6.45, 7) is 4.14. The van der Waals surface area contributed by atoms with Crippen LogP contribution < -0.4 is 0 Å². The summed E-state index contributed by atoms with van der Waals surface area (Å²) < 4.78 is 118. The molecule has 1 N–H and O–H groups in total. The van der Waals surface area contributed by atoms with E-state index in [0.29, 0.717) is 13.0 Å². The highest BCUT2D eigenvalue weighted by molar-refractivity contribution is 5.73. The molecule has 3 aromatic carbocycles. The summed E-state index contributed by atoms with van der Waals surface area (Å²) >= 11 is 0. The topological polar surface area (TPSA) is 49.8 Å². The monoisotopic (exact) mass is 649 g/mol. The van der Waals surface area contributed by atoms with Gasteiger partial charge in [-0.2, -0.15) is 39.5 Å². The molecule has 1 aliphatic heterocycles. The Labute approximate surface area is 254 Å². The summed E-state index contributed by atoms with van der Waals surface area (Å²) in [6, 6.07) is 21.6. The molecule has 1 aliphatic rings. The number of carboxylic acid groups (broad SMARTS) is 1. The van der Waals surface area contributed by atoms with Gasteiger partial charge in [0.05, 0.1) is 23.8 Å². The minimum absolute atomic E-state index is 0.0469. The van der Waals surface area contributed by atoms with E-state index in [-0.39, 0.29) is 36.2 Å². The van der Waals surface area contributed by atoms with E-state index >= 15 is 0 Å². The average molecular weight is 650 g/mol. The summed E-state index contributed by atoms with van der Waals surface area (Å²) in [7, 11) is 0. The maximum absolute atomic E-state index is 13.4. The number of ether oxygens (including phenoxy) is 1. The molecule has 45 heavy (non-hydrogen) atoms. The number of hydrogen-bond acceptors (Lipinski definition) is 3. The molecule has 2 atom stereocenters. The fraction of sp³-hybridized carbons (Fsp3) is 0.406. The molecule has 0 unspecified atom stereocenters. The highest BCUT2D eigenvalue weighted by Gasteiger charge is 2.40. The number of alkyl halides is 9. The third-order valence-electron chi connectivity index (χ3n) is 7.32. The normalized spacial score (nSPS) is 17.9. The molecule has 4 nitrogen and oxygen atoms in total. The minimum atomic E-state index is -5.08. The fourth-order valence-electron chi connectivity index (χ4n) is 5.39. The quantitative estimate of drug-likeness (QED) is 0.248. The maximum Gasteiger partial charge on any atom is 0.490 e. The lowest BCUT2D eigenvalue weighted by Gasteiger charge is -2.42. The van der Waals surface area contributed by atoms with E-state index in [1.54, 1.807) is 0 Å². The minimum Gasteiger partial charge on any atom is -0.475 e. The molecular weight excluding hydrogens is 617 g/mol. The second-order valence-electron chi connectivity index (χ2n) is 10.6. The van der Waals surface area contributed by atoms with Crippen molar-refractivity contribution in [1.82, 2.24) is 4.90 Å². The number of likely N-dealkylation sites (tertiary alicyclic amines) is 1. The van der Waals surface area contributed by atoms with Gasteiger partial charge in [0, 0.05) is 24.9 Å². The van der Waals surface area contributed by atoms with Crippen LogP contribution in [0.5, 0.6) is 0 Å². The smallest absolute Gasteiger partial charge is 0.475 e. The predicted octanol–water partition coefficient (Wildman–Crippen LogP) is 8.81. The van der Waals surface area contributed by atoms with Crippen LogP contribution in [0.25, 0.3) is 0 Å². The van der Waals surface area contributed by atoms with Crippen LogP contribution in [0.4, 0.5) is 39.5 Å². The largest absolute Gasteiger partial charge is 0.490 e. The zero-order chi connectivity index (χ0) is 33.4. The molecule has 3 aromatic rings. The third kappa shape index (κ3) is 10.5. The second kappa shape index (κ2) is 15.1. The SMILES string of the molecule is CCCN1CC[C@H](OCc2cc(C(F)(F)F)cc(C(F)(F)F)c2)[C@H](C(c2ccccc2)c2ccccc2)C1.O=C(O)C(F)(F)F. The van der Waals surface area contributed by atoms with Crippen molar-refractivity contribution in [2.24, 2.45) is 5.92 Å². The molecular formula is C32H32F9NO3. The standard InChI is InChI=1S/C30H31F6NO.C2HF3O2/c1-2-14-37-15-13-27(38-20-21-16-24(29(31,32)33)18-25(17-21)30(34,35)36)26(19-37)28(22-9-5-3-6-10-22)23-11-7-4-8-12-23;3-2(4,5)1(6)7/h3-12,16-18,26-28H,2,13-15,19-20H2,1H3;(H,6,7)/t26-,27+;/m1./s1. The fourth-order valence-corrected chi connectivity index (χ4v) is 5.39. The van der Waals surface area contributed by atoms with Gasteiger partial charge in [0.25, 0.3) is 0 Å². The molecule has 13 heteroatoms. The van der Waals surface area contributed by atoms with Gasteiger partial charge in [-0.3, -0.25) is 0 Å². The van der Waals surface area contributed by atoms with Crippen molar-refractivity contribution >= 4 is 5.97 Å². The third-order valence-corrected chi connectivity index (χ3v) is 7.32. The number of carbonyl (C=O) groups is 1. The van der Waals surface area contributed by atoms with Crippen LogP contribution in [-0.4, -0.2) is 47.9 Å². The van der Waals surface area contributed by atoms with E-state index in [1.165, 1.54) is 0 Å². The van der Waals surface area contributed by atoms with Crippen molar-refractivity contribution in [1.29, 1.82) is 0 Å². The Kier molecular flexibility index (Phi) is 12.1. The van der Waals surface area contributed by atoms with E-state index in [9.17, 15) is 39.5 Å². The van der Waals surface area contributed by atoms with Crippen LogP contribution in [0, 0.1) is 5.92 Å². The molecule has 0 amide bonds. The Hall–Kier alpha value is -3.58. The Balaban J connectivity index is 0.000000707. The van der Waals surface area contributed by atoms with Crippen LogP contribution in [-0.2, 0) is 28.5 Å². The van der Waals surface area contributed by atoms with E-state index in [4.69, 9.17) is 14.6 Å². The van der Waals surface area contributed by atoms with Gasteiger partial charge in [-0.25, -0.2) is 4.79 Å². The number of halogens is 9. The van der Waals surface area contributed by atoms with Gasteiger partial charge < -0.3 is 14.7 Å². The van der Waals surface area contributed by atoms with Gasteiger partial charge in [0.15, 0.2) is 0 Å². The van der Waals surface area contributed by atoms with Crippen LogP contribution in [0.2, 0.25) is 0 Å². The van der Waals surface area contributed by atoms with Crippen molar-refractivity contribution in [2.75, 3.05) is 19.6 Å². The molecule has 0 saturated carbocycles. The number of rotatable bonds is 8. The first-order valence-corrected chi connectivity index (χ1v) is 14.0. The predicted molar refractivity (Wildman–Crippen MR) is 148 cm³/mol. The zero-order valence-electron chi connectivity index (χ0n) is 24.1. The van der Waals surface area contributed by atoms with E-state index < -0.39 is 35.6 Å². The molecule has 4 rings (SSSR count). The van der Waals surface area contributed by atoms with Gasteiger partial charge in [-0.1, -0.05) is 67.6 Å². The molecule has 1 fully saturated rings. The first-order valence-electron chi connectivity index (χ1n) is 14.0. The van der Waals surface area contributed by atoms with E-state index in [0.717, 1.165) is 42.8 Å². The average Bonchev–Trinajstić information content (AvgIpc) is 2.97. The van der Waals surface area contributed by atoms with Crippen LogP contribution in [0.15, 0.2) is 78.9 Å². The Morgan fingerprint density at radius 1 is 0.844 bits per heavy atom. The van der Waals surface area contributed by atoms with Gasteiger partial charge in [-0.05, 0) is 54.3 Å². The van der Waals surface area contributed by atoms with Crippen molar-refractivity contribution in [3.05, 3.63) is 107 Å². The lowest BCUT2D eigenvalue weighted by atomic mass is 9.75. The molecule has 0 bridgehead atoms. The summed E-state index contributed by atoms with van der Waals surface area (Å²) in [5.74, 6) is -2.85. The van der Waals surface area contributed by atoms with Crippen molar-refractivity contribution in [3.63, 3.8) is 0 Å². The summed E-state index contributed by atoms with van der Waals surface area (Å²) in [4.78, 5) is 11.3. The number of carboxylic acids is 1. The Bertz CT molecular complexity index is 1290. The van der Waals surface area contributed by atoms with Gasteiger partial charge >= 0.3 is 24.5 Å². The molecule has 0 aromatic heterocycles. The number of piperidine rings is 1. The molecule has 1 heterocycles. The summed E-state index contributed by atoms with van der Waals surface area (Å²) in [5, 5.41) is 7.12. The Morgan fingerprint density at radius 2 is 1.31 bits per heavy atom. The lowest BCUT2D eigenvalue weighted by molar-refractivity contribution is -0.192. The van der Waals surface area contributed by atoms with Crippen LogP contribution in [0.1, 0.15) is 53.5 Å². The summed E-state index contributed by atoms with van der Waals surface area (Å²) in [5.41, 5.74) is -0.612. The second-order valence-corrected chi connectivity index (χ2v) is 10.6. The molecule has 1 saturated heterocycles. The van der Waals surface area contributed by atoms with Crippen molar-refractivity contribution < 1.29 is 54.2 Å². The summed E-state index contributed by atoms with van der Waals surface area (Å²) in [6.07, 6.45) is -13.6. The maximum atomic E-state index is 13.4. The van der Waals surface area contributed by atoms with Gasteiger partial charge in [0.1, 0.15) is 0 Å². The number of aliphatic carboxylic acids is 1. The zero-order valence-corrected chi connectivity index (χ0v) is 24.1. The Morgan fingerprint density at radius 3 is 1.71 bits per heavy atom. The van der Waals surface area contributed by atoms with E-state index in [2.05, 4.69) is 36.1 Å². The van der Waals surface area contributed by atoms with Crippen LogP contribution >= 0.6 is 0 Å². The number of benzene rings is 3. The van der Waals surface area contributed by atoms with E-state index in [1.807, 2.05) is 36.4 Å². The number of hydrogen-bond donors (Lipinski definition) is 1. The van der Waals surface area contributed by atoms with Crippen molar-refractivity contribution in [2.45, 2.75) is 56.9 Å². The van der Waals surface area contributed by atoms with Crippen molar-refractivity contribution in [3.8, 4) is 0 Å². The molecule has 0 radical (unpaired) electrons. The van der Waals surface area contributed by atoms with Gasteiger partial charge in [0.2, 0.25) is 0 Å². The molecule has 0 spiro atoms. The number of nitrogens with zero attached hydrogens (tertiary/aromatic N) is 1.